The fraction of sp³-hybridized carbons (Fsp3) is 0.562. The third kappa shape index (κ3) is 4.81. The first-order chi connectivity index (χ1) is 10.2. The number of likely N-dealkylation sites (N-methyl/N-ethyl adjacent to an activating group) is 1. The average Bonchev–Trinajstić information content (AvgIpc) is 2.73. The van der Waals surface area contributed by atoms with Crippen LogP contribution in [0.5, 0.6) is 0 Å². The first-order valence-corrected chi connectivity index (χ1v) is 7.58. The fourth-order valence-corrected chi connectivity index (χ4v) is 2.64. The summed E-state index contributed by atoms with van der Waals surface area (Å²) in [5, 5.41) is 9.00. The predicted molar refractivity (Wildman–Crippen MR) is 84.4 cm³/mol. The number of carbonyl (C=O) groups is 1. The largest absolute Gasteiger partial charge is 0.395 e. The standard InChI is InChI=1S/C16H25N3O2/c1-17(15-6-3-2-4-7-15)16(21)14-19-9-5-8-18(10-11-19)12-13-20/h2-4,6-7,20H,5,8-14H2,1H3. The summed E-state index contributed by atoms with van der Waals surface area (Å²) >= 11 is 0. The molecule has 1 fully saturated rings. The quantitative estimate of drug-likeness (QED) is 0.865. The van der Waals surface area contributed by atoms with E-state index in [0.717, 1.165) is 44.8 Å². The summed E-state index contributed by atoms with van der Waals surface area (Å²) in [7, 11) is 1.83. The van der Waals surface area contributed by atoms with Gasteiger partial charge in [-0.2, -0.15) is 0 Å². The molecular formula is C16H25N3O2. The third-order valence-electron chi connectivity index (χ3n) is 3.97. The van der Waals surface area contributed by atoms with Gasteiger partial charge in [0.15, 0.2) is 0 Å². The van der Waals surface area contributed by atoms with Crippen molar-refractivity contribution in [1.82, 2.24) is 9.80 Å². The number of rotatable bonds is 5. The summed E-state index contributed by atoms with van der Waals surface area (Å²) in [5.74, 6) is 0.122. The summed E-state index contributed by atoms with van der Waals surface area (Å²) in [6.07, 6.45) is 1.04. The molecule has 0 aromatic heterocycles. The summed E-state index contributed by atoms with van der Waals surface area (Å²) < 4.78 is 0. The number of hydrogen-bond acceptors (Lipinski definition) is 4. The molecule has 0 aliphatic carbocycles. The number of benzene rings is 1. The van der Waals surface area contributed by atoms with Crippen LogP contribution in [0.15, 0.2) is 30.3 Å². The molecule has 1 N–H and O–H groups in total. The van der Waals surface area contributed by atoms with Crippen molar-refractivity contribution in [2.75, 3.05) is 57.8 Å². The van der Waals surface area contributed by atoms with Crippen molar-refractivity contribution in [3.8, 4) is 0 Å². The van der Waals surface area contributed by atoms with E-state index < -0.39 is 0 Å². The zero-order valence-electron chi connectivity index (χ0n) is 12.7. The molecule has 21 heavy (non-hydrogen) atoms. The van der Waals surface area contributed by atoms with Crippen LogP contribution in [0.2, 0.25) is 0 Å². The number of β-amino-alcohol motifs (C(OH)–C–C–N with tert-alkyl or cyclic N) is 1. The number of carbonyl (C=O) groups excluding carboxylic acids is 1. The number of hydrogen-bond donors (Lipinski definition) is 1. The van der Waals surface area contributed by atoms with Crippen molar-refractivity contribution >= 4 is 11.6 Å². The van der Waals surface area contributed by atoms with Gasteiger partial charge in [0.1, 0.15) is 0 Å². The van der Waals surface area contributed by atoms with E-state index in [-0.39, 0.29) is 12.5 Å². The van der Waals surface area contributed by atoms with E-state index in [1.165, 1.54) is 0 Å². The van der Waals surface area contributed by atoms with Gasteiger partial charge in [-0.05, 0) is 31.6 Å². The normalized spacial score (nSPS) is 17.4. The van der Waals surface area contributed by atoms with Gasteiger partial charge in [-0.3, -0.25) is 14.6 Å². The van der Waals surface area contributed by atoms with Crippen molar-refractivity contribution in [1.29, 1.82) is 0 Å². The highest BCUT2D eigenvalue weighted by Gasteiger charge is 2.19. The van der Waals surface area contributed by atoms with Crippen molar-refractivity contribution in [2.24, 2.45) is 0 Å². The molecule has 1 aromatic carbocycles. The van der Waals surface area contributed by atoms with Gasteiger partial charge in [-0.25, -0.2) is 0 Å². The second-order valence-electron chi connectivity index (χ2n) is 5.48. The van der Waals surface area contributed by atoms with Crippen molar-refractivity contribution < 1.29 is 9.90 Å². The van der Waals surface area contributed by atoms with Gasteiger partial charge in [0.2, 0.25) is 5.91 Å². The van der Waals surface area contributed by atoms with Gasteiger partial charge in [-0.1, -0.05) is 18.2 Å². The second kappa shape index (κ2) is 8.12. The zero-order valence-corrected chi connectivity index (χ0v) is 12.7. The minimum Gasteiger partial charge on any atom is -0.395 e. The smallest absolute Gasteiger partial charge is 0.240 e. The molecule has 1 aromatic rings. The van der Waals surface area contributed by atoms with Gasteiger partial charge in [-0.15, -0.1) is 0 Å². The predicted octanol–water partition coefficient (Wildman–Crippen LogP) is 0.649. The molecule has 1 amide bonds. The highest BCUT2D eigenvalue weighted by atomic mass is 16.3. The summed E-state index contributed by atoms with van der Waals surface area (Å²) in [6, 6.07) is 9.73. The average molecular weight is 291 g/mol. The van der Waals surface area contributed by atoms with Crippen LogP contribution in [0.25, 0.3) is 0 Å². The molecule has 5 nitrogen and oxygen atoms in total. The lowest BCUT2D eigenvalue weighted by molar-refractivity contribution is -0.119. The van der Waals surface area contributed by atoms with E-state index in [0.29, 0.717) is 6.54 Å². The Morgan fingerprint density at radius 2 is 1.81 bits per heavy atom. The lowest BCUT2D eigenvalue weighted by Crippen LogP contribution is -2.40. The summed E-state index contributed by atoms with van der Waals surface area (Å²) in [6.45, 7) is 5.13. The Labute approximate surface area is 126 Å². The molecule has 5 heteroatoms. The number of anilines is 1. The Hall–Kier alpha value is -1.43. The molecule has 1 saturated heterocycles. The highest BCUT2D eigenvalue weighted by Crippen LogP contribution is 2.12. The van der Waals surface area contributed by atoms with E-state index in [9.17, 15) is 4.79 Å². The van der Waals surface area contributed by atoms with E-state index in [2.05, 4.69) is 9.80 Å². The van der Waals surface area contributed by atoms with Gasteiger partial charge in [0.25, 0.3) is 0 Å². The van der Waals surface area contributed by atoms with Crippen LogP contribution in [0.4, 0.5) is 5.69 Å². The van der Waals surface area contributed by atoms with E-state index >= 15 is 0 Å². The first-order valence-electron chi connectivity index (χ1n) is 7.58. The monoisotopic (exact) mass is 291 g/mol. The molecule has 2 rings (SSSR count). The molecule has 0 radical (unpaired) electrons. The molecule has 0 bridgehead atoms. The van der Waals surface area contributed by atoms with Crippen LogP contribution in [-0.4, -0.2) is 73.7 Å². The molecule has 1 aliphatic heterocycles. The molecule has 0 atom stereocenters. The van der Waals surface area contributed by atoms with Crippen LogP contribution in [0, 0.1) is 0 Å². The van der Waals surface area contributed by atoms with E-state index in [1.54, 1.807) is 4.90 Å². The number of amides is 1. The molecule has 0 spiro atoms. The molecule has 1 aliphatic rings. The maximum Gasteiger partial charge on any atom is 0.240 e. The Morgan fingerprint density at radius 1 is 1.14 bits per heavy atom. The Morgan fingerprint density at radius 3 is 2.52 bits per heavy atom. The molecule has 116 valence electrons. The van der Waals surface area contributed by atoms with E-state index in [1.807, 2.05) is 37.4 Å². The summed E-state index contributed by atoms with van der Waals surface area (Å²) in [4.78, 5) is 18.5. The summed E-state index contributed by atoms with van der Waals surface area (Å²) in [5.41, 5.74) is 0.930. The van der Waals surface area contributed by atoms with Crippen LogP contribution in [0.3, 0.4) is 0 Å². The van der Waals surface area contributed by atoms with Crippen molar-refractivity contribution in [3.63, 3.8) is 0 Å². The number of aliphatic hydroxyl groups excluding tert-OH is 1. The van der Waals surface area contributed by atoms with E-state index in [4.69, 9.17) is 5.11 Å². The number of para-hydroxylation sites is 1. The van der Waals surface area contributed by atoms with Gasteiger partial charge in [0, 0.05) is 32.4 Å². The molecule has 0 saturated carbocycles. The Kier molecular flexibility index (Phi) is 6.17. The second-order valence-corrected chi connectivity index (χ2v) is 5.48. The molecule has 0 unspecified atom stereocenters. The van der Waals surface area contributed by atoms with Crippen LogP contribution >= 0.6 is 0 Å². The van der Waals surface area contributed by atoms with Crippen LogP contribution in [-0.2, 0) is 4.79 Å². The van der Waals surface area contributed by atoms with Crippen molar-refractivity contribution in [3.05, 3.63) is 30.3 Å². The number of aliphatic hydroxyl groups is 1. The highest BCUT2D eigenvalue weighted by molar-refractivity contribution is 5.94. The third-order valence-corrected chi connectivity index (χ3v) is 3.97. The minimum absolute atomic E-state index is 0.122. The maximum absolute atomic E-state index is 12.4. The lowest BCUT2D eigenvalue weighted by atomic mass is 10.3. The van der Waals surface area contributed by atoms with Gasteiger partial charge < -0.3 is 10.0 Å². The molecule has 1 heterocycles. The fourth-order valence-electron chi connectivity index (χ4n) is 2.64. The minimum atomic E-state index is 0.122. The van der Waals surface area contributed by atoms with Crippen LogP contribution in [0.1, 0.15) is 6.42 Å². The lowest BCUT2D eigenvalue weighted by Gasteiger charge is -2.24. The maximum atomic E-state index is 12.4. The van der Waals surface area contributed by atoms with Crippen LogP contribution < -0.4 is 4.90 Å². The zero-order chi connectivity index (χ0) is 15.1. The first kappa shape index (κ1) is 15.9. The Balaban J connectivity index is 1.85. The van der Waals surface area contributed by atoms with Gasteiger partial charge in [0.05, 0.1) is 13.2 Å². The van der Waals surface area contributed by atoms with Gasteiger partial charge >= 0.3 is 0 Å². The number of nitrogens with zero attached hydrogens (tertiary/aromatic N) is 3. The topological polar surface area (TPSA) is 47.0 Å². The SMILES string of the molecule is CN(C(=O)CN1CCCN(CCO)CC1)c1ccccc1. The molecular weight excluding hydrogens is 266 g/mol. The Bertz CT molecular complexity index is 438. The van der Waals surface area contributed by atoms with Crippen molar-refractivity contribution in [2.45, 2.75) is 6.42 Å².